The highest BCUT2D eigenvalue weighted by molar-refractivity contribution is 5.89. The smallest absolute Gasteiger partial charge is 0.321 e. The van der Waals surface area contributed by atoms with Crippen molar-refractivity contribution in [3.8, 4) is 0 Å². The molecule has 0 aromatic heterocycles. The second-order valence-corrected chi connectivity index (χ2v) is 4.75. The molecule has 0 aliphatic heterocycles. The van der Waals surface area contributed by atoms with Gasteiger partial charge in [0.1, 0.15) is 11.6 Å². The van der Waals surface area contributed by atoms with E-state index in [1.165, 1.54) is 35.2 Å². The number of nitrogens with one attached hydrogen (secondary N) is 1. The summed E-state index contributed by atoms with van der Waals surface area (Å²) in [7, 11) is 1.58. The lowest BCUT2D eigenvalue weighted by Crippen LogP contribution is -2.34. The van der Waals surface area contributed by atoms with Crippen LogP contribution < -0.4 is 5.32 Å². The van der Waals surface area contributed by atoms with Gasteiger partial charge in [-0.05, 0) is 37.3 Å². The molecule has 2 aromatic carbocycles. The first-order chi connectivity index (χ1) is 9.99. The minimum atomic E-state index is -0.424. The third-order valence-electron chi connectivity index (χ3n) is 3.35. The summed E-state index contributed by atoms with van der Waals surface area (Å²) in [5.74, 6) is -0.729. The first kappa shape index (κ1) is 15.0. The van der Waals surface area contributed by atoms with Crippen LogP contribution >= 0.6 is 0 Å². The summed E-state index contributed by atoms with van der Waals surface area (Å²) in [6, 6.07) is 11.0. The SMILES string of the molecule is CC(c1ccccc1F)N(C)C(=O)Nc1ccc(F)cc1. The van der Waals surface area contributed by atoms with Crippen LogP contribution in [0.2, 0.25) is 0 Å². The molecule has 0 saturated heterocycles. The summed E-state index contributed by atoms with van der Waals surface area (Å²) in [6.45, 7) is 1.74. The summed E-state index contributed by atoms with van der Waals surface area (Å²) < 4.78 is 26.5. The molecule has 0 radical (unpaired) electrons. The van der Waals surface area contributed by atoms with E-state index in [2.05, 4.69) is 5.32 Å². The molecule has 0 heterocycles. The predicted molar refractivity (Wildman–Crippen MR) is 78.0 cm³/mol. The van der Waals surface area contributed by atoms with Crippen molar-refractivity contribution in [2.75, 3.05) is 12.4 Å². The van der Waals surface area contributed by atoms with E-state index < -0.39 is 12.1 Å². The van der Waals surface area contributed by atoms with Gasteiger partial charge in [0, 0.05) is 18.3 Å². The normalized spacial score (nSPS) is 11.8. The number of anilines is 1. The van der Waals surface area contributed by atoms with Gasteiger partial charge in [-0.25, -0.2) is 13.6 Å². The second kappa shape index (κ2) is 6.35. The minimum Gasteiger partial charge on any atom is -0.321 e. The van der Waals surface area contributed by atoms with Gasteiger partial charge in [0.2, 0.25) is 0 Å². The number of urea groups is 1. The lowest BCUT2D eigenvalue weighted by atomic mass is 10.1. The molecule has 1 N–H and O–H groups in total. The fraction of sp³-hybridized carbons (Fsp3) is 0.188. The van der Waals surface area contributed by atoms with E-state index in [9.17, 15) is 13.6 Å². The number of carbonyl (C=O) groups excluding carboxylic acids is 1. The summed E-state index contributed by atoms with van der Waals surface area (Å²) in [5.41, 5.74) is 0.920. The van der Waals surface area contributed by atoms with E-state index in [-0.39, 0.29) is 11.6 Å². The number of carbonyl (C=O) groups is 1. The van der Waals surface area contributed by atoms with Gasteiger partial charge in [-0.1, -0.05) is 18.2 Å². The van der Waals surface area contributed by atoms with Gasteiger partial charge in [-0.3, -0.25) is 0 Å². The lowest BCUT2D eigenvalue weighted by Gasteiger charge is -2.25. The molecule has 0 fully saturated rings. The van der Waals surface area contributed by atoms with Crippen LogP contribution in [0.25, 0.3) is 0 Å². The molecule has 1 unspecified atom stereocenters. The van der Waals surface area contributed by atoms with Gasteiger partial charge in [-0.2, -0.15) is 0 Å². The number of nitrogens with zero attached hydrogens (tertiary/aromatic N) is 1. The number of rotatable bonds is 3. The number of hydrogen-bond donors (Lipinski definition) is 1. The molecule has 2 rings (SSSR count). The Morgan fingerprint density at radius 1 is 1.10 bits per heavy atom. The molecule has 0 aliphatic carbocycles. The lowest BCUT2D eigenvalue weighted by molar-refractivity contribution is 0.207. The van der Waals surface area contributed by atoms with Gasteiger partial charge in [0.15, 0.2) is 0 Å². The summed E-state index contributed by atoms with van der Waals surface area (Å²) in [4.78, 5) is 13.5. The molecule has 2 amide bonds. The largest absolute Gasteiger partial charge is 0.322 e. The molecule has 110 valence electrons. The standard InChI is InChI=1S/C16H16F2N2O/c1-11(14-5-3-4-6-15(14)18)20(2)16(21)19-13-9-7-12(17)8-10-13/h3-11H,1-2H3,(H,19,21). The van der Waals surface area contributed by atoms with Gasteiger partial charge >= 0.3 is 6.03 Å². The number of hydrogen-bond acceptors (Lipinski definition) is 1. The average Bonchev–Trinajstić information content (AvgIpc) is 2.48. The highest BCUT2D eigenvalue weighted by Gasteiger charge is 2.19. The van der Waals surface area contributed by atoms with Crippen LogP contribution in [0.3, 0.4) is 0 Å². The number of amides is 2. The van der Waals surface area contributed by atoms with Crippen molar-refractivity contribution in [3.05, 3.63) is 65.7 Å². The molecule has 0 spiro atoms. The van der Waals surface area contributed by atoms with E-state index in [4.69, 9.17) is 0 Å². The molecule has 3 nitrogen and oxygen atoms in total. The van der Waals surface area contributed by atoms with Crippen LogP contribution in [0.1, 0.15) is 18.5 Å². The van der Waals surface area contributed by atoms with Gasteiger partial charge in [0.05, 0.1) is 6.04 Å². The topological polar surface area (TPSA) is 32.3 Å². The van der Waals surface area contributed by atoms with Gasteiger partial charge < -0.3 is 10.2 Å². The van der Waals surface area contributed by atoms with Crippen LogP contribution in [-0.4, -0.2) is 18.0 Å². The molecule has 2 aromatic rings. The summed E-state index contributed by atoms with van der Waals surface area (Å²) in [5, 5.41) is 2.64. The molecule has 0 aliphatic rings. The summed E-state index contributed by atoms with van der Waals surface area (Å²) in [6.07, 6.45) is 0. The van der Waals surface area contributed by atoms with Gasteiger partial charge in [-0.15, -0.1) is 0 Å². The Hall–Kier alpha value is -2.43. The zero-order valence-corrected chi connectivity index (χ0v) is 11.8. The Morgan fingerprint density at radius 2 is 1.71 bits per heavy atom. The first-order valence-electron chi connectivity index (χ1n) is 6.53. The third-order valence-corrected chi connectivity index (χ3v) is 3.35. The first-order valence-corrected chi connectivity index (χ1v) is 6.53. The quantitative estimate of drug-likeness (QED) is 0.903. The van der Waals surface area contributed by atoms with E-state index in [0.29, 0.717) is 11.3 Å². The molecular formula is C16H16F2N2O. The van der Waals surface area contributed by atoms with Crippen molar-refractivity contribution in [2.24, 2.45) is 0 Å². The van der Waals surface area contributed by atoms with Crippen LogP contribution in [0.4, 0.5) is 19.3 Å². The molecule has 1 atom stereocenters. The maximum absolute atomic E-state index is 13.7. The monoisotopic (exact) mass is 290 g/mol. The van der Waals surface area contributed by atoms with Crippen molar-refractivity contribution in [2.45, 2.75) is 13.0 Å². The van der Waals surface area contributed by atoms with Crippen molar-refractivity contribution >= 4 is 11.7 Å². The van der Waals surface area contributed by atoms with E-state index >= 15 is 0 Å². The Kier molecular flexibility index (Phi) is 4.52. The summed E-state index contributed by atoms with van der Waals surface area (Å²) >= 11 is 0. The molecule has 0 bridgehead atoms. The highest BCUT2D eigenvalue weighted by atomic mass is 19.1. The van der Waals surface area contributed by atoms with E-state index in [1.807, 2.05) is 0 Å². The fourth-order valence-corrected chi connectivity index (χ4v) is 1.94. The van der Waals surface area contributed by atoms with E-state index in [1.54, 1.807) is 32.2 Å². The van der Waals surface area contributed by atoms with Crippen LogP contribution in [0.5, 0.6) is 0 Å². The second-order valence-electron chi connectivity index (χ2n) is 4.75. The average molecular weight is 290 g/mol. The van der Waals surface area contributed by atoms with Crippen molar-refractivity contribution in [1.29, 1.82) is 0 Å². The number of halogens is 2. The molecule has 0 saturated carbocycles. The van der Waals surface area contributed by atoms with E-state index in [0.717, 1.165) is 0 Å². The Morgan fingerprint density at radius 3 is 2.33 bits per heavy atom. The third kappa shape index (κ3) is 3.56. The van der Waals surface area contributed by atoms with Gasteiger partial charge in [0.25, 0.3) is 0 Å². The molecular weight excluding hydrogens is 274 g/mol. The van der Waals surface area contributed by atoms with Crippen molar-refractivity contribution in [1.82, 2.24) is 4.90 Å². The number of benzene rings is 2. The minimum absolute atomic E-state index is 0.355. The maximum atomic E-state index is 13.7. The Labute approximate surface area is 122 Å². The van der Waals surface area contributed by atoms with Crippen LogP contribution in [-0.2, 0) is 0 Å². The molecule has 21 heavy (non-hydrogen) atoms. The molecule has 5 heteroatoms. The van der Waals surface area contributed by atoms with Crippen molar-refractivity contribution < 1.29 is 13.6 Å². The Balaban J connectivity index is 2.08. The van der Waals surface area contributed by atoms with Crippen molar-refractivity contribution in [3.63, 3.8) is 0 Å². The highest BCUT2D eigenvalue weighted by Crippen LogP contribution is 2.22. The zero-order chi connectivity index (χ0) is 15.4. The zero-order valence-electron chi connectivity index (χ0n) is 11.8. The van der Waals surface area contributed by atoms with Crippen LogP contribution in [0.15, 0.2) is 48.5 Å². The maximum Gasteiger partial charge on any atom is 0.322 e. The van der Waals surface area contributed by atoms with Crippen LogP contribution in [0, 0.1) is 11.6 Å². The Bertz CT molecular complexity index is 628. The fourth-order valence-electron chi connectivity index (χ4n) is 1.94. The predicted octanol–water partition coefficient (Wildman–Crippen LogP) is 4.19.